The summed E-state index contributed by atoms with van der Waals surface area (Å²) < 4.78 is 9.28. The van der Waals surface area contributed by atoms with Gasteiger partial charge in [-0.15, -0.1) is 0 Å². The molecule has 0 aromatic carbocycles. The first-order valence-corrected chi connectivity index (χ1v) is 5.18. The second kappa shape index (κ2) is 8.51. The van der Waals surface area contributed by atoms with Crippen LogP contribution < -0.4 is 5.32 Å². The molecule has 0 radical (unpaired) electrons. The summed E-state index contributed by atoms with van der Waals surface area (Å²) in [4.78, 5) is 32.9. The highest BCUT2D eigenvalue weighted by molar-refractivity contribution is 5.85. The molecule has 2 N–H and O–H groups in total. The molecule has 1 amide bonds. The molecule has 0 fully saturated rings. The molecule has 0 bridgehead atoms. The molecule has 0 heterocycles. The summed E-state index contributed by atoms with van der Waals surface area (Å²) in [6.45, 7) is 1.79. The Hall–Kier alpha value is -1.63. The van der Waals surface area contributed by atoms with Gasteiger partial charge in [0.25, 0.3) is 0 Å². The van der Waals surface area contributed by atoms with Gasteiger partial charge in [-0.1, -0.05) is 0 Å². The van der Waals surface area contributed by atoms with Crippen molar-refractivity contribution in [2.24, 2.45) is 0 Å². The fraction of sp³-hybridized carbons (Fsp3) is 0.700. The van der Waals surface area contributed by atoms with Crippen LogP contribution >= 0.6 is 0 Å². The number of amides is 1. The van der Waals surface area contributed by atoms with Crippen molar-refractivity contribution in [3.05, 3.63) is 0 Å². The van der Waals surface area contributed by atoms with E-state index in [0.717, 1.165) is 0 Å². The molecular weight excluding hydrogens is 230 g/mol. The summed E-state index contributed by atoms with van der Waals surface area (Å²) in [6.07, 6.45) is -0.175. The number of ether oxygens (including phenoxy) is 2. The Labute approximate surface area is 99.1 Å². The number of carboxylic acids is 1. The summed E-state index contributed by atoms with van der Waals surface area (Å²) in [7, 11) is 1.33. The second-order valence-corrected chi connectivity index (χ2v) is 3.22. The first kappa shape index (κ1) is 15.4. The van der Waals surface area contributed by atoms with Gasteiger partial charge in [-0.25, -0.2) is 4.79 Å². The van der Waals surface area contributed by atoms with Crippen molar-refractivity contribution in [3.8, 4) is 0 Å². The molecule has 0 aliphatic carbocycles. The minimum Gasteiger partial charge on any atom is -0.480 e. The lowest BCUT2D eigenvalue weighted by Crippen LogP contribution is -2.43. The molecule has 0 saturated carbocycles. The Morgan fingerprint density at radius 2 is 1.94 bits per heavy atom. The zero-order valence-corrected chi connectivity index (χ0v) is 9.89. The number of carbonyl (C=O) groups is 3. The Morgan fingerprint density at radius 1 is 1.29 bits per heavy atom. The number of carbonyl (C=O) groups excluding carboxylic acids is 2. The van der Waals surface area contributed by atoms with Crippen molar-refractivity contribution in [1.29, 1.82) is 0 Å². The number of aliphatic carboxylic acids is 1. The largest absolute Gasteiger partial charge is 0.480 e. The van der Waals surface area contributed by atoms with Crippen LogP contribution in [0.4, 0.5) is 0 Å². The van der Waals surface area contributed by atoms with Crippen LogP contribution in [0.25, 0.3) is 0 Å². The maximum atomic E-state index is 11.3. The monoisotopic (exact) mass is 247 g/mol. The fourth-order valence-corrected chi connectivity index (χ4v) is 1.06. The first-order chi connectivity index (χ1) is 8.01. The van der Waals surface area contributed by atoms with Crippen molar-refractivity contribution in [2.45, 2.75) is 25.8 Å². The van der Waals surface area contributed by atoms with Crippen molar-refractivity contribution in [2.75, 3.05) is 20.3 Å². The highest BCUT2D eigenvalue weighted by Gasteiger charge is 2.19. The highest BCUT2D eigenvalue weighted by atomic mass is 16.5. The summed E-state index contributed by atoms with van der Waals surface area (Å²) in [5.41, 5.74) is 0. The topological polar surface area (TPSA) is 102 Å². The predicted molar refractivity (Wildman–Crippen MR) is 57.3 cm³/mol. The van der Waals surface area contributed by atoms with Crippen molar-refractivity contribution < 1.29 is 29.0 Å². The number of hydrogen-bond donors (Lipinski definition) is 2. The number of esters is 1. The van der Waals surface area contributed by atoms with E-state index in [9.17, 15) is 14.4 Å². The van der Waals surface area contributed by atoms with E-state index in [1.165, 1.54) is 7.11 Å². The van der Waals surface area contributed by atoms with Crippen LogP contribution in [0.3, 0.4) is 0 Å². The normalized spacial score (nSPS) is 11.6. The predicted octanol–water partition coefficient (Wildman–Crippen LogP) is -0.454. The van der Waals surface area contributed by atoms with Crippen LogP contribution in [0.1, 0.15) is 19.8 Å². The lowest BCUT2D eigenvalue weighted by molar-refractivity contribution is -0.145. The summed E-state index contributed by atoms with van der Waals surface area (Å²) >= 11 is 0. The maximum absolute atomic E-state index is 11.3. The van der Waals surface area contributed by atoms with E-state index in [4.69, 9.17) is 5.11 Å². The third-order valence-corrected chi connectivity index (χ3v) is 1.83. The van der Waals surface area contributed by atoms with Gasteiger partial charge in [0.2, 0.25) is 5.91 Å². The first-order valence-electron chi connectivity index (χ1n) is 5.18. The third kappa shape index (κ3) is 7.29. The van der Waals surface area contributed by atoms with E-state index < -0.39 is 23.9 Å². The highest BCUT2D eigenvalue weighted by Crippen LogP contribution is 1.95. The molecule has 0 spiro atoms. The Balaban J connectivity index is 3.98. The van der Waals surface area contributed by atoms with Crippen molar-refractivity contribution in [3.63, 3.8) is 0 Å². The summed E-state index contributed by atoms with van der Waals surface area (Å²) in [5, 5.41) is 11.0. The summed E-state index contributed by atoms with van der Waals surface area (Å²) in [6, 6.07) is -1.10. The zero-order chi connectivity index (χ0) is 13.3. The number of methoxy groups -OCH3 is 1. The van der Waals surface area contributed by atoms with E-state index in [-0.39, 0.29) is 26.1 Å². The molecule has 0 aromatic heterocycles. The molecule has 0 rings (SSSR count). The lowest BCUT2D eigenvalue weighted by Gasteiger charge is -2.13. The number of carboxylic acid groups (broad SMARTS) is 1. The van der Waals surface area contributed by atoms with E-state index in [2.05, 4.69) is 14.8 Å². The van der Waals surface area contributed by atoms with Gasteiger partial charge in [0, 0.05) is 13.5 Å². The molecule has 17 heavy (non-hydrogen) atoms. The average Bonchev–Trinajstić information content (AvgIpc) is 2.26. The van der Waals surface area contributed by atoms with Gasteiger partial charge in [-0.05, 0) is 6.92 Å². The minimum atomic E-state index is -1.18. The second-order valence-electron chi connectivity index (χ2n) is 3.22. The summed E-state index contributed by atoms with van der Waals surface area (Å²) in [5.74, 6) is -2.19. The lowest BCUT2D eigenvalue weighted by atomic mass is 10.2. The Bertz CT molecular complexity index is 278. The standard InChI is InChI=1S/C10H17NO6/c1-3-17-9(13)5-4-8(12)11-7(6-16-2)10(14)15/h7H,3-6H2,1-2H3,(H,11,12)(H,14,15). The Morgan fingerprint density at radius 3 is 2.41 bits per heavy atom. The van der Waals surface area contributed by atoms with Crippen LogP contribution in [0.2, 0.25) is 0 Å². The molecule has 0 saturated heterocycles. The minimum absolute atomic E-state index is 0.0704. The van der Waals surface area contributed by atoms with Crippen LogP contribution in [0.5, 0.6) is 0 Å². The SMILES string of the molecule is CCOC(=O)CCC(=O)NC(COC)C(=O)O. The van der Waals surface area contributed by atoms with E-state index >= 15 is 0 Å². The van der Waals surface area contributed by atoms with Crippen molar-refractivity contribution in [1.82, 2.24) is 5.32 Å². The number of rotatable bonds is 8. The molecule has 0 aliphatic rings. The smallest absolute Gasteiger partial charge is 0.328 e. The fourth-order valence-electron chi connectivity index (χ4n) is 1.06. The number of nitrogens with one attached hydrogen (secondary N) is 1. The molecule has 1 unspecified atom stereocenters. The van der Waals surface area contributed by atoms with E-state index in [1.54, 1.807) is 6.92 Å². The van der Waals surface area contributed by atoms with Crippen LogP contribution in [-0.4, -0.2) is 49.3 Å². The quantitative estimate of drug-likeness (QED) is 0.563. The molecule has 0 aromatic rings. The van der Waals surface area contributed by atoms with Gasteiger partial charge in [0.1, 0.15) is 0 Å². The van der Waals surface area contributed by atoms with Gasteiger partial charge in [-0.2, -0.15) is 0 Å². The third-order valence-electron chi connectivity index (χ3n) is 1.83. The van der Waals surface area contributed by atoms with Crippen LogP contribution in [-0.2, 0) is 23.9 Å². The number of hydrogen-bond acceptors (Lipinski definition) is 5. The molecule has 98 valence electrons. The van der Waals surface area contributed by atoms with Gasteiger partial charge >= 0.3 is 11.9 Å². The Kier molecular flexibility index (Phi) is 7.70. The van der Waals surface area contributed by atoms with Gasteiger partial charge in [-0.3, -0.25) is 9.59 Å². The average molecular weight is 247 g/mol. The van der Waals surface area contributed by atoms with Crippen LogP contribution in [0.15, 0.2) is 0 Å². The molecular formula is C10H17NO6. The molecule has 1 atom stereocenters. The van der Waals surface area contributed by atoms with E-state index in [1.807, 2.05) is 0 Å². The zero-order valence-electron chi connectivity index (χ0n) is 9.89. The van der Waals surface area contributed by atoms with Crippen LogP contribution in [0, 0.1) is 0 Å². The van der Waals surface area contributed by atoms with Gasteiger partial charge in [0.05, 0.1) is 19.6 Å². The van der Waals surface area contributed by atoms with E-state index in [0.29, 0.717) is 0 Å². The molecule has 0 aliphatic heterocycles. The van der Waals surface area contributed by atoms with Gasteiger partial charge < -0.3 is 19.9 Å². The maximum Gasteiger partial charge on any atom is 0.328 e. The molecule has 7 nitrogen and oxygen atoms in total. The molecule has 7 heteroatoms. The van der Waals surface area contributed by atoms with Gasteiger partial charge in [0.15, 0.2) is 6.04 Å². The van der Waals surface area contributed by atoms with Crippen molar-refractivity contribution >= 4 is 17.8 Å².